The summed E-state index contributed by atoms with van der Waals surface area (Å²) < 4.78 is 0. The third kappa shape index (κ3) is 4.31. The van der Waals surface area contributed by atoms with Gasteiger partial charge in [-0.3, -0.25) is 4.79 Å². The van der Waals surface area contributed by atoms with Crippen molar-refractivity contribution in [1.82, 2.24) is 4.90 Å². The minimum absolute atomic E-state index is 0.0351. The summed E-state index contributed by atoms with van der Waals surface area (Å²) in [6.07, 6.45) is 2.82. The van der Waals surface area contributed by atoms with Crippen LogP contribution in [0.1, 0.15) is 46.0 Å². The molecule has 1 saturated heterocycles. The van der Waals surface area contributed by atoms with Gasteiger partial charge in [-0.2, -0.15) is 0 Å². The Bertz CT molecular complexity index is 273. The van der Waals surface area contributed by atoms with E-state index >= 15 is 0 Å². The predicted molar refractivity (Wildman–Crippen MR) is 61.0 cm³/mol. The van der Waals surface area contributed by atoms with Crippen molar-refractivity contribution in [1.29, 1.82) is 0 Å². The van der Waals surface area contributed by atoms with Crippen LogP contribution < -0.4 is 0 Å². The van der Waals surface area contributed by atoms with Crippen LogP contribution in [0.15, 0.2) is 0 Å². The number of nitrogens with zero attached hydrogens (tertiary/aromatic N) is 1. The molecule has 1 amide bonds. The van der Waals surface area contributed by atoms with Gasteiger partial charge in [-0.05, 0) is 33.1 Å². The van der Waals surface area contributed by atoms with E-state index in [2.05, 4.69) is 0 Å². The molecule has 0 aliphatic carbocycles. The summed E-state index contributed by atoms with van der Waals surface area (Å²) in [4.78, 5) is 24.3. The Morgan fingerprint density at radius 2 is 1.94 bits per heavy atom. The van der Waals surface area contributed by atoms with Gasteiger partial charge in [0.1, 0.15) is 5.78 Å². The fraction of sp³-hybridized carbons (Fsp3) is 0.833. The standard InChI is InChI=1S/C12H21NO3/c1-10(14)4-5-11(15)13-8-3-6-12(2,16)7-9-13/h16H,3-9H2,1-2H3. The SMILES string of the molecule is CC(=O)CCC(=O)N1CCCC(C)(O)CC1. The number of rotatable bonds is 3. The van der Waals surface area contributed by atoms with E-state index < -0.39 is 5.60 Å². The summed E-state index contributed by atoms with van der Waals surface area (Å²) in [5.41, 5.74) is -0.643. The molecule has 4 nitrogen and oxygen atoms in total. The van der Waals surface area contributed by atoms with Gasteiger partial charge in [0.05, 0.1) is 5.60 Å². The fourth-order valence-corrected chi connectivity index (χ4v) is 1.95. The van der Waals surface area contributed by atoms with Gasteiger partial charge in [0, 0.05) is 25.9 Å². The number of hydrogen-bond acceptors (Lipinski definition) is 3. The van der Waals surface area contributed by atoms with Gasteiger partial charge in [0.15, 0.2) is 0 Å². The van der Waals surface area contributed by atoms with E-state index in [0.717, 1.165) is 12.8 Å². The maximum atomic E-state index is 11.8. The summed E-state index contributed by atoms with van der Waals surface area (Å²) in [6.45, 7) is 4.62. The molecular formula is C12H21NO3. The quantitative estimate of drug-likeness (QED) is 0.786. The highest BCUT2D eigenvalue weighted by molar-refractivity contribution is 5.83. The lowest BCUT2D eigenvalue weighted by Gasteiger charge is -2.22. The van der Waals surface area contributed by atoms with Gasteiger partial charge >= 0.3 is 0 Å². The molecule has 0 aromatic carbocycles. The van der Waals surface area contributed by atoms with E-state index in [1.165, 1.54) is 6.92 Å². The Labute approximate surface area is 96.6 Å². The molecule has 0 spiro atoms. The Hall–Kier alpha value is -0.900. The number of ketones is 1. The second-order valence-corrected chi connectivity index (χ2v) is 4.93. The molecule has 1 fully saturated rings. The van der Waals surface area contributed by atoms with E-state index in [1.54, 1.807) is 4.90 Å². The first-order chi connectivity index (χ1) is 7.41. The Kier molecular flexibility index (Phi) is 4.47. The van der Waals surface area contributed by atoms with Crippen LogP contribution in [0.25, 0.3) is 0 Å². The van der Waals surface area contributed by atoms with Crippen LogP contribution in [-0.2, 0) is 9.59 Å². The lowest BCUT2D eigenvalue weighted by atomic mass is 9.98. The van der Waals surface area contributed by atoms with Crippen molar-refractivity contribution in [3.63, 3.8) is 0 Å². The van der Waals surface area contributed by atoms with Gasteiger partial charge in [0.2, 0.25) is 5.91 Å². The van der Waals surface area contributed by atoms with Crippen LogP contribution in [0.2, 0.25) is 0 Å². The first kappa shape index (κ1) is 13.2. The second kappa shape index (κ2) is 5.43. The van der Waals surface area contributed by atoms with E-state index in [0.29, 0.717) is 32.4 Å². The molecule has 0 bridgehead atoms. The lowest BCUT2D eigenvalue weighted by Crippen LogP contribution is -2.33. The van der Waals surface area contributed by atoms with Crippen LogP contribution in [0.3, 0.4) is 0 Å². The topological polar surface area (TPSA) is 57.6 Å². The third-order valence-electron chi connectivity index (χ3n) is 3.11. The summed E-state index contributed by atoms with van der Waals surface area (Å²) >= 11 is 0. The monoisotopic (exact) mass is 227 g/mol. The molecule has 92 valence electrons. The summed E-state index contributed by atoms with van der Waals surface area (Å²) in [7, 11) is 0. The van der Waals surface area contributed by atoms with Crippen LogP contribution in [0, 0.1) is 0 Å². The fourth-order valence-electron chi connectivity index (χ4n) is 1.95. The molecule has 0 radical (unpaired) electrons. The Morgan fingerprint density at radius 3 is 2.56 bits per heavy atom. The molecule has 0 aromatic rings. The minimum atomic E-state index is -0.643. The van der Waals surface area contributed by atoms with Gasteiger partial charge in [-0.25, -0.2) is 0 Å². The lowest BCUT2D eigenvalue weighted by molar-refractivity contribution is -0.133. The summed E-state index contributed by atoms with van der Waals surface area (Å²) in [5, 5.41) is 9.88. The third-order valence-corrected chi connectivity index (χ3v) is 3.11. The van der Waals surface area contributed by atoms with E-state index in [9.17, 15) is 14.7 Å². The molecule has 4 heteroatoms. The maximum Gasteiger partial charge on any atom is 0.223 e. The summed E-state index contributed by atoms with van der Waals surface area (Å²) in [5.74, 6) is 0.0862. The van der Waals surface area contributed by atoms with Crippen LogP contribution in [0.5, 0.6) is 0 Å². The molecule has 0 saturated carbocycles. The van der Waals surface area contributed by atoms with Crippen LogP contribution in [-0.4, -0.2) is 40.4 Å². The Morgan fingerprint density at radius 1 is 1.25 bits per heavy atom. The Balaban J connectivity index is 2.42. The van der Waals surface area contributed by atoms with E-state index in [1.807, 2.05) is 6.92 Å². The van der Waals surface area contributed by atoms with Crippen molar-refractivity contribution in [2.45, 2.75) is 51.6 Å². The van der Waals surface area contributed by atoms with Crippen LogP contribution >= 0.6 is 0 Å². The molecular weight excluding hydrogens is 206 g/mol. The van der Waals surface area contributed by atoms with Gasteiger partial charge in [-0.1, -0.05) is 0 Å². The molecule has 1 heterocycles. The highest BCUT2D eigenvalue weighted by atomic mass is 16.3. The summed E-state index contributed by atoms with van der Waals surface area (Å²) in [6, 6.07) is 0. The minimum Gasteiger partial charge on any atom is -0.390 e. The smallest absolute Gasteiger partial charge is 0.223 e. The highest BCUT2D eigenvalue weighted by Gasteiger charge is 2.26. The molecule has 1 aliphatic rings. The van der Waals surface area contributed by atoms with Crippen molar-refractivity contribution >= 4 is 11.7 Å². The van der Waals surface area contributed by atoms with Gasteiger partial charge < -0.3 is 14.8 Å². The average molecular weight is 227 g/mol. The normalized spacial score (nSPS) is 26.3. The van der Waals surface area contributed by atoms with Crippen LogP contribution in [0.4, 0.5) is 0 Å². The number of aliphatic hydroxyl groups is 1. The highest BCUT2D eigenvalue weighted by Crippen LogP contribution is 2.21. The first-order valence-electron chi connectivity index (χ1n) is 5.90. The van der Waals surface area contributed by atoms with Gasteiger partial charge in [0.25, 0.3) is 0 Å². The van der Waals surface area contributed by atoms with Crippen molar-refractivity contribution in [3.05, 3.63) is 0 Å². The molecule has 16 heavy (non-hydrogen) atoms. The molecule has 1 unspecified atom stereocenters. The van der Waals surface area contributed by atoms with E-state index in [4.69, 9.17) is 0 Å². The largest absolute Gasteiger partial charge is 0.390 e. The number of hydrogen-bond donors (Lipinski definition) is 1. The zero-order valence-corrected chi connectivity index (χ0v) is 10.2. The van der Waals surface area contributed by atoms with Crippen molar-refractivity contribution in [2.24, 2.45) is 0 Å². The number of likely N-dealkylation sites (tertiary alicyclic amines) is 1. The molecule has 1 N–H and O–H groups in total. The average Bonchev–Trinajstić information content (AvgIpc) is 2.35. The first-order valence-corrected chi connectivity index (χ1v) is 5.90. The predicted octanol–water partition coefficient (Wildman–Crippen LogP) is 1.12. The van der Waals surface area contributed by atoms with Gasteiger partial charge in [-0.15, -0.1) is 0 Å². The maximum absolute atomic E-state index is 11.8. The molecule has 0 aromatic heterocycles. The van der Waals surface area contributed by atoms with E-state index in [-0.39, 0.29) is 11.7 Å². The molecule has 1 aliphatic heterocycles. The van der Waals surface area contributed by atoms with Crippen molar-refractivity contribution in [3.8, 4) is 0 Å². The zero-order chi connectivity index (χ0) is 12.2. The molecule has 1 rings (SSSR count). The molecule has 1 atom stereocenters. The number of Topliss-reactive ketones (excluding diaryl/α,β-unsaturated/α-hetero) is 1. The van der Waals surface area contributed by atoms with Crippen molar-refractivity contribution in [2.75, 3.05) is 13.1 Å². The number of carbonyl (C=O) groups excluding carboxylic acids is 2. The second-order valence-electron chi connectivity index (χ2n) is 4.93. The zero-order valence-electron chi connectivity index (χ0n) is 10.2. The number of carbonyl (C=O) groups is 2. The van der Waals surface area contributed by atoms with Crippen molar-refractivity contribution < 1.29 is 14.7 Å². The number of amides is 1.